The molecule has 0 saturated carbocycles. The van der Waals surface area contributed by atoms with Crippen LogP contribution in [0.3, 0.4) is 0 Å². The topological polar surface area (TPSA) is 58.1 Å². The summed E-state index contributed by atoms with van der Waals surface area (Å²) in [4.78, 5) is 24.2. The van der Waals surface area contributed by atoms with E-state index in [1.54, 1.807) is 11.0 Å². The van der Waals surface area contributed by atoms with Gasteiger partial charge in [0, 0.05) is 30.4 Å². The van der Waals surface area contributed by atoms with Gasteiger partial charge >= 0.3 is 0 Å². The van der Waals surface area contributed by atoms with E-state index in [4.69, 9.17) is 0 Å². The van der Waals surface area contributed by atoms with Crippen molar-refractivity contribution >= 4 is 17.4 Å². The van der Waals surface area contributed by atoms with Gasteiger partial charge in [-0.25, -0.2) is 9.97 Å². The van der Waals surface area contributed by atoms with Crippen LogP contribution in [0.4, 0.5) is 11.5 Å². The van der Waals surface area contributed by atoms with E-state index >= 15 is 0 Å². The molecule has 5 nitrogen and oxygen atoms in total. The number of nitrogens with zero attached hydrogens (tertiary/aromatic N) is 3. The molecule has 0 atom stereocenters. The molecule has 0 spiro atoms. The van der Waals surface area contributed by atoms with Gasteiger partial charge in [0.1, 0.15) is 11.5 Å². The number of anilines is 2. The summed E-state index contributed by atoms with van der Waals surface area (Å²) in [5.41, 5.74) is 2.12. The van der Waals surface area contributed by atoms with Crippen molar-refractivity contribution in [3.63, 3.8) is 0 Å². The van der Waals surface area contributed by atoms with Crippen molar-refractivity contribution in [2.45, 2.75) is 20.8 Å². The fourth-order valence-electron chi connectivity index (χ4n) is 2.86. The van der Waals surface area contributed by atoms with Crippen molar-refractivity contribution < 1.29 is 4.79 Å². The van der Waals surface area contributed by atoms with Crippen LogP contribution in [-0.2, 0) is 0 Å². The number of aromatic nitrogens is 2. The van der Waals surface area contributed by atoms with Crippen molar-refractivity contribution in [2.75, 3.05) is 23.3 Å². The minimum Gasteiger partial charge on any atom is -0.370 e. The van der Waals surface area contributed by atoms with E-state index in [0.29, 0.717) is 29.8 Å². The molecule has 5 heteroatoms. The zero-order valence-corrected chi connectivity index (χ0v) is 16.6. The van der Waals surface area contributed by atoms with Crippen molar-refractivity contribution in [1.82, 2.24) is 9.97 Å². The minimum atomic E-state index is -0.138. The summed E-state index contributed by atoms with van der Waals surface area (Å²) in [6.07, 6.45) is 0. The first-order valence-corrected chi connectivity index (χ1v) is 9.63. The monoisotopic (exact) mass is 374 g/mol. The molecule has 1 heterocycles. The van der Waals surface area contributed by atoms with Crippen LogP contribution >= 0.6 is 0 Å². The third-order valence-electron chi connectivity index (χ3n) is 4.30. The molecule has 0 aliphatic carbocycles. The maximum atomic E-state index is 13.3. The predicted molar refractivity (Wildman–Crippen MR) is 115 cm³/mol. The first kappa shape index (κ1) is 19.5. The van der Waals surface area contributed by atoms with Gasteiger partial charge in [-0.3, -0.25) is 4.79 Å². The van der Waals surface area contributed by atoms with E-state index in [2.05, 4.69) is 29.1 Å². The van der Waals surface area contributed by atoms with Crippen LogP contribution in [0.1, 0.15) is 31.3 Å². The zero-order valence-electron chi connectivity index (χ0n) is 16.6. The van der Waals surface area contributed by atoms with E-state index in [1.807, 2.05) is 67.6 Å². The fraction of sp³-hybridized carbons (Fsp3) is 0.261. The van der Waals surface area contributed by atoms with Crippen LogP contribution in [0, 0.1) is 5.92 Å². The number of para-hydroxylation sites is 1. The second-order valence-electron chi connectivity index (χ2n) is 6.99. The lowest BCUT2D eigenvalue weighted by atomic mass is 10.2. The number of hydrogen-bond acceptors (Lipinski definition) is 4. The summed E-state index contributed by atoms with van der Waals surface area (Å²) < 4.78 is 0. The van der Waals surface area contributed by atoms with Gasteiger partial charge < -0.3 is 10.2 Å². The van der Waals surface area contributed by atoms with Crippen molar-refractivity contribution in [3.05, 3.63) is 72.4 Å². The van der Waals surface area contributed by atoms with Crippen molar-refractivity contribution in [2.24, 2.45) is 5.92 Å². The predicted octanol–water partition coefficient (Wildman–Crippen LogP) is 4.88. The number of benzene rings is 2. The molecule has 1 amide bonds. The smallest absolute Gasteiger partial charge is 0.277 e. The van der Waals surface area contributed by atoms with Gasteiger partial charge in [0.15, 0.2) is 5.82 Å². The summed E-state index contributed by atoms with van der Waals surface area (Å²) in [6, 6.07) is 21.1. The van der Waals surface area contributed by atoms with Gasteiger partial charge in [-0.05, 0) is 25.0 Å². The number of carbonyl (C=O) groups excluding carboxylic acids is 1. The summed E-state index contributed by atoms with van der Waals surface area (Å²) in [5, 5.41) is 3.32. The average molecular weight is 374 g/mol. The number of carbonyl (C=O) groups is 1. The first-order valence-electron chi connectivity index (χ1n) is 9.63. The van der Waals surface area contributed by atoms with E-state index < -0.39 is 0 Å². The highest BCUT2D eigenvalue weighted by atomic mass is 16.2. The van der Waals surface area contributed by atoms with Gasteiger partial charge in [-0.15, -0.1) is 0 Å². The standard InChI is InChI=1S/C23H26N4O/c1-4-27(19-13-9-6-10-14-19)23(28)20-15-21(24-16-17(2)3)26-22(25-20)18-11-7-5-8-12-18/h5-15,17H,4,16H2,1-3H3,(H,24,25,26). The van der Waals surface area contributed by atoms with Crippen LogP contribution < -0.4 is 10.2 Å². The molecule has 0 saturated heterocycles. The molecule has 1 N–H and O–H groups in total. The van der Waals surface area contributed by atoms with Crippen LogP contribution in [-0.4, -0.2) is 29.0 Å². The zero-order chi connectivity index (χ0) is 19.9. The van der Waals surface area contributed by atoms with Crippen molar-refractivity contribution in [1.29, 1.82) is 0 Å². The molecule has 0 radical (unpaired) electrons. The number of amides is 1. The van der Waals surface area contributed by atoms with Gasteiger partial charge in [0.25, 0.3) is 5.91 Å². The average Bonchev–Trinajstić information content (AvgIpc) is 2.74. The maximum absolute atomic E-state index is 13.3. The highest BCUT2D eigenvalue weighted by Crippen LogP contribution is 2.21. The molecule has 1 aromatic heterocycles. The highest BCUT2D eigenvalue weighted by Gasteiger charge is 2.20. The molecular weight excluding hydrogens is 348 g/mol. The molecule has 0 aliphatic heterocycles. The Morgan fingerprint density at radius 1 is 1.00 bits per heavy atom. The van der Waals surface area contributed by atoms with E-state index in [9.17, 15) is 4.79 Å². The SMILES string of the molecule is CCN(C(=O)c1cc(NCC(C)C)nc(-c2ccccc2)n1)c1ccccc1. The maximum Gasteiger partial charge on any atom is 0.277 e. The lowest BCUT2D eigenvalue weighted by molar-refractivity contribution is 0.0983. The Hall–Kier alpha value is -3.21. The molecule has 3 aromatic rings. The summed E-state index contributed by atoms with van der Waals surface area (Å²) >= 11 is 0. The largest absolute Gasteiger partial charge is 0.370 e. The lowest BCUT2D eigenvalue weighted by Gasteiger charge is -2.21. The van der Waals surface area contributed by atoms with E-state index in [-0.39, 0.29) is 5.91 Å². The van der Waals surface area contributed by atoms with Crippen LogP contribution in [0.25, 0.3) is 11.4 Å². The van der Waals surface area contributed by atoms with Crippen LogP contribution in [0.15, 0.2) is 66.7 Å². The Morgan fingerprint density at radius 3 is 2.25 bits per heavy atom. The van der Waals surface area contributed by atoms with Gasteiger partial charge in [-0.2, -0.15) is 0 Å². The minimum absolute atomic E-state index is 0.138. The first-order chi connectivity index (χ1) is 13.6. The Morgan fingerprint density at radius 2 is 1.64 bits per heavy atom. The summed E-state index contributed by atoms with van der Waals surface area (Å²) in [5.74, 6) is 1.53. The summed E-state index contributed by atoms with van der Waals surface area (Å²) in [7, 11) is 0. The summed E-state index contributed by atoms with van der Waals surface area (Å²) in [6.45, 7) is 7.55. The lowest BCUT2D eigenvalue weighted by Crippen LogP contribution is -2.31. The number of rotatable bonds is 7. The fourth-order valence-corrected chi connectivity index (χ4v) is 2.86. The van der Waals surface area contributed by atoms with Crippen molar-refractivity contribution in [3.8, 4) is 11.4 Å². The van der Waals surface area contributed by atoms with Gasteiger partial charge in [0.05, 0.1) is 0 Å². The second-order valence-corrected chi connectivity index (χ2v) is 6.99. The highest BCUT2D eigenvalue weighted by molar-refractivity contribution is 6.05. The Bertz CT molecular complexity index is 910. The van der Waals surface area contributed by atoms with Gasteiger partial charge in [-0.1, -0.05) is 62.4 Å². The molecule has 0 fully saturated rings. The molecule has 0 aliphatic rings. The molecule has 0 unspecified atom stereocenters. The molecule has 0 bridgehead atoms. The molecule has 2 aromatic carbocycles. The number of nitrogens with one attached hydrogen (secondary N) is 1. The van der Waals surface area contributed by atoms with Gasteiger partial charge in [0.2, 0.25) is 0 Å². The third kappa shape index (κ3) is 4.74. The normalized spacial score (nSPS) is 10.7. The second kappa shape index (κ2) is 9.13. The Labute approximate surface area is 166 Å². The van der Waals surface area contributed by atoms with Crippen LogP contribution in [0.5, 0.6) is 0 Å². The molecule has 28 heavy (non-hydrogen) atoms. The third-order valence-corrected chi connectivity index (χ3v) is 4.30. The number of hydrogen-bond donors (Lipinski definition) is 1. The van der Waals surface area contributed by atoms with E-state index in [1.165, 1.54) is 0 Å². The van der Waals surface area contributed by atoms with E-state index in [0.717, 1.165) is 17.8 Å². The molecule has 144 valence electrons. The van der Waals surface area contributed by atoms with Crippen LogP contribution in [0.2, 0.25) is 0 Å². The quantitative estimate of drug-likeness (QED) is 0.640. The Balaban J connectivity index is 2.00. The Kier molecular flexibility index (Phi) is 6.37. The molecule has 3 rings (SSSR count). The molecular formula is C23H26N4O.